The number of aliphatic carboxylic acids is 1. The Bertz CT molecular complexity index is 1320. The Balaban J connectivity index is 2.06. The third-order valence-electron chi connectivity index (χ3n) is 6.97. The van der Waals surface area contributed by atoms with Gasteiger partial charge in [0, 0.05) is 12.8 Å². The third kappa shape index (κ3) is 13.7. The van der Waals surface area contributed by atoms with Gasteiger partial charge in [-0.3, -0.25) is 28.8 Å². The number of hydrogen-bond acceptors (Lipinski definition) is 9. The number of phenolic OH excluding ortho intramolecular Hbond substituents is 1. The van der Waals surface area contributed by atoms with Crippen LogP contribution in [-0.4, -0.2) is 83.0 Å². The maximum atomic E-state index is 13.1. The van der Waals surface area contributed by atoms with Crippen LogP contribution < -0.4 is 38.5 Å². The molecule has 0 aliphatic rings. The van der Waals surface area contributed by atoms with Gasteiger partial charge >= 0.3 is 5.97 Å². The number of phenols is 1. The van der Waals surface area contributed by atoms with Crippen LogP contribution in [-0.2, 0) is 41.6 Å². The van der Waals surface area contributed by atoms with Gasteiger partial charge in [-0.05, 0) is 61.9 Å². The number of carboxylic acids is 1. The number of hydrogen-bond donors (Lipinski definition) is 9. The monoisotopic (exact) mass is 641 g/mol. The number of carboxylic acid groups (broad SMARTS) is 1. The molecule has 46 heavy (non-hydrogen) atoms. The van der Waals surface area contributed by atoms with Gasteiger partial charge in [0.15, 0.2) is 0 Å². The number of aromatic hydroxyl groups is 1. The third-order valence-corrected chi connectivity index (χ3v) is 6.97. The lowest BCUT2D eigenvalue weighted by Crippen LogP contribution is -2.56. The molecular weight excluding hydrogens is 598 g/mol. The van der Waals surface area contributed by atoms with E-state index in [0.29, 0.717) is 30.5 Å². The van der Waals surface area contributed by atoms with Crippen molar-refractivity contribution in [1.82, 2.24) is 21.3 Å². The molecule has 2 rings (SSSR count). The summed E-state index contributed by atoms with van der Waals surface area (Å²) in [7, 11) is 0. The van der Waals surface area contributed by atoms with Crippen LogP contribution in [0.25, 0.3) is 0 Å². The number of amides is 5. The number of carbonyl (C=O) groups excluding carboxylic acids is 5. The minimum atomic E-state index is -1.28. The Hall–Kier alpha value is -5.02. The van der Waals surface area contributed by atoms with Gasteiger partial charge in [0.1, 0.15) is 23.9 Å². The molecule has 2 aromatic carbocycles. The summed E-state index contributed by atoms with van der Waals surface area (Å²) in [5, 5.41) is 28.4. The molecular formula is C31H43N7O8. The number of benzene rings is 2. The zero-order valence-corrected chi connectivity index (χ0v) is 25.4. The topological polar surface area (TPSA) is 269 Å². The molecule has 0 saturated heterocycles. The van der Waals surface area contributed by atoms with E-state index in [2.05, 4.69) is 21.3 Å². The first-order valence-electron chi connectivity index (χ1n) is 14.9. The van der Waals surface area contributed by atoms with E-state index in [1.165, 1.54) is 12.1 Å². The van der Waals surface area contributed by atoms with Crippen LogP contribution in [0.1, 0.15) is 43.2 Å². The average Bonchev–Trinajstić information content (AvgIpc) is 3.02. The van der Waals surface area contributed by atoms with Crippen molar-refractivity contribution < 1.29 is 39.0 Å². The number of carbonyl (C=O) groups is 6. The molecule has 0 aliphatic carbocycles. The summed E-state index contributed by atoms with van der Waals surface area (Å²) in [6, 6.07) is 10.4. The van der Waals surface area contributed by atoms with Crippen molar-refractivity contribution in [2.75, 3.05) is 13.1 Å². The standard InChI is InChI=1S/C31H43N7O8/c32-15-5-4-8-24(38-29(44)22(33)16-20-9-11-21(39)12-10-20)30(45)35-18-26(40)36-25(17-19-6-2-1-3-7-19)31(46)37-23(28(34)43)13-14-27(41)42/h1-3,6-7,9-12,22-25,39H,4-5,8,13-18,32-33H2,(H2,34,43)(H,35,45)(H,36,40)(H,37,46)(H,38,44)(H,41,42)/t22-,23-,24+,25-/m0/s1. The maximum absolute atomic E-state index is 13.1. The first-order valence-corrected chi connectivity index (χ1v) is 14.9. The molecule has 4 atom stereocenters. The molecule has 0 saturated carbocycles. The number of unbranched alkanes of at least 4 members (excludes halogenated alkanes) is 1. The molecule has 0 aromatic heterocycles. The summed E-state index contributed by atoms with van der Waals surface area (Å²) in [5.41, 5.74) is 18.4. The molecule has 0 fully saturated rings. The van der Waals surface area contributed by atoms with Crippen molar-refractivity contribution in [3.8, 4) is 5.75 Å². The summed E-state index contributed by atoms with van der Waals surface area (Å²) in [6.45, 7) is -0.165. The maximum Gasteiger partial charge on any atom is 0.303 e. The molecule has 0 bridgehead atoms. The molecule has 0 radical (unpaired) electrons. The second-order valence-electron chi connectivity index (χ2n) is 10.7. The predicted molar refractivity (Wildman–Crippen MR) is 168 cm³/mol. The SMILES string of the molecule is NCCCC[C@@H](NC(=O)[C@@H](N)Cc1ccc(O)cc1)C(=O)NCC(=O)N[C@@H](Cc1ccccc1)C(=O)N[C@@H](CCC(=O)O)C(N)=O. The highest BCUT2D eigenvalue weighted by Gasteiger charge is 2.28. The fraction of sp³-hybridized carbons (Fsp3) is 0.419. The fourth-order valence-corrected chi connectivity index (χ4v) is 4.44. The van der Waals surface area contributed by atoms with Crippen LogP contribution in [0.15, 0.2) is 54.6 Å². The van der Waals surface area contributed by atoms with E-state index in [1.54, 1.807) is 42.5 Å². The van der Waals surface area contributed by atoms with Gasteiger partial charge in [0.25, 0.3) is 0 Å². The molecule has 2 aromatic rings. The second-order valence-corrected chi connectivity index (χ2v) is 10.7. The van der Waals surface area contributed by atoms with Gasteiger partial charge in [0.2, 0.25) is 29.5 Å². The van der Waals surface area contributed by atoms with Crippen molar-refractivity contribution >= 4 is 35.5 Å². The van der Waals surface area contributed by atoms with Gasteiger partial charge in [-0.1, -0.05) is 42.5 Å². The lowest BCUT2D eigenvalue weighted by atomic mass is 10.0. The normalized spacial score (nSPS) is 13.3. The van der Waals surface area contributed by atoms with E-state index in [4.69, 9.17) is 22.3 Å². The van der Waals surface area contributed by atoms with E-state index in [9.17, 15) is 33.9 Å². The van der Waals surface area contributed by atoms with Crippen molar-refractivity contribution in [3.05, 3.63) is 65.7 Å². The Morgan fingerprint density at radius 1 is 0.717 bits per heavy atom. The van der Waals surface area contributed by atoms with Crippen LogP contribution in [0.5, 0.6) is 5.75 Å². The number of rotatable bonds is 20. The van der Waals surface area contributed by atoms with Gasteiger partial charge in [-0.2, -0.15) is 0 Å². The lowest BCUT2D eigenvalue weighted by Gasteiger charge is -2.23. The predicted octanol–water partition coefficient (Wildman–Crippen LogP) is -1.45. The zero-order chi connectivity index (χ0) is 34.1. The average molecular weight is 642 g/mol. The summed E-state index contributed by atoms with van der Waals surface area (Å²) in [5.74, 6) is -4.78. The Morgan fingerprint density at radius 2 is 1.35 bits per heavy atom. The molecule has 0 heterocycles. The van der Waals surface area contributed by atoms with Crippen LogP contribution in [0.2, 0.25) is 0 Å². The molecule has 0 aliphatic heterocycles. The van der Waals surface area contributed by atoms with E-state index in [0.717, 1.165) is 0 Å². The fourth-order valence-electron chi connectivity index (χ4n) is 4.44. The number of nitrogens with one attached hydrogen (secondary N) is 4. The molecule has 250 valence electrons. The van der Waals surface area contributed by atoms with Gasteiger partial charge < -0.3 is 48.7 Å². The highest BCUT2D eigenvalue weighted by molar-refractivity contribution is 5.94. The van der Waals surface area contributed by atoms with Crippen molar-refractivity contribution in [2.24, 2.45) is 17.2 Å². The van der Waals surface area contributed by atoms with Crippen LogP contribution in [0.4, 0.5) is 0 Å². The molecule has 0 spiro atoms. The summed E-state index contributed by atoms with van der Waals surface area (Å²) < 4.78 is 0. The molecule has 15 nitrogen and oxygen atoms in total. The zero-order valence-electron chi connectivity index (χ0n) is 25.4. The van der Waals surface area contributed by atoms with Crippen molar-refractivity contribution in [2.45, 2.75) is 69.1 Å². The van der Waals surface area contributed by atoms with Crippen molar-refractivity contribution in [3.63, 3.8) is 0 Å². The van der Waals surface area contributed by atoms with Crippen LogP contribution in [0, 0.1) is 0 Å². The minimum absolute atomic E-state index is 0.0213. The summed E-state index contributed by atoms with van der Waals surface area (Å²) in [4.78, 5) is 74.7. The Morgan fingerprint density at radius 3 is 1.96 bits per heavy atom. The summed E-state index contributed by atoms with van der Waals surface area (Å²) in [6.07, 6.45) is 0.850. The quantitative estimate of drug-likeness (QED) is 0.0759. The van der Waals surface area contributed by atoms with E-state index in [1.807, 2.05) is 0 Å². The van der Waals surface area contributed by atoms with Crippen molar-refractivity contribution in [1.29, 1.82) is 0 Å². The first kappa shape index (κ1) is 37.2. The highest BCUT2D eigenvalue weighted by Crippen LogP contribution is 2.11. The van der Waals surface area contributed by atoms with Crippen LogP contribution in [0.3, 0.4) is 0 Å². The Kier molecular flexibility index (Phi) is 15.7. The highest BCUT2D eigenvalue weighted by atomic mass is 16.4. The van der Waals surface area contributed by atoms with E-state index >= 15 is 0 Å². The van der Waals surface area contributed by atoms with E-state index < -0.39 is 72.6 Å². The lowest BCUT2D eigenvalue weighted by molar-refractivity contribution is -0.138. The van der Waals surface area contributed by atoms with Crippen LogP contribution >= 0.6 is 0 Å². The summed E-state index contributed by atoms with van der Waals surface area (Å²) >= 11 is 0. The second kappa shape index (κ2) is 19.4. The smallest absolute Gasteiger partial charge is 0.303 e. The number of primary amides is 1. The molecule has 5 amide bonds. The first-order chi connectivity index (χ1) is 21.9. The molecule has 0 unspecified atom stereocenters. The molecule has 12 N–H and O–H groups in total. The Labute approximate surface area is 266 Å². The van der Waals surface area contributed by atoms with Gasteiger partial charge in [-0.15, -0.1) is 0 Å². The largest absolute Gasteiger partial charge is 0.508 e. The van der Waals surface area contributed by atoms with E-state index in [-0.39, 0.29) is 31.4 Å². The van der Waals surface area contributed by atoms with Gasteiger partial charge in [0.05, 0.1) is 12.6 Å². The molecule has 15 heteroatoms. The minimum Gasteiger partial charge on any atom is -0.508 e. The van der Waals surface area contributed by atoms with Gasteiger partial charge in [-0.25, -0.2) is 0 Å². The number of nitrogens with two attached hydrogens (primary N) is 3.